The van der Waals surface area contributed by atoms with Crippen molar-refractivity contribution in [3.63, 3.8) is 0 Å². The van der Waals surface area contributed by atoms with Gasteiger partial charge in [-0.05, 0) is 57.3 Å². The average Bonchev–Trinajstić information content (AvgIpc) is 2.85. The van der Waals surface area contributed by atoms with E-state index in [9.17, 15) is 0 Å². The molecular formula is C16H27ClN2S. The number of nitrogens with zero attached hydrogens (tertiary/aromatic N) is 1. The van der Waals surface area contributed by atoms with Crippen molar-refractivity contribution in [2.45, 2.75) is 52.1 Å². The van der Waals surface area contributed by atoms with Gasteiger partial charge >= 0.3 is 0 Å². The zero-order chi connectivity index (χ0) is 14.5. The first-order chi connectivity index (χ1) is 9.61. The molecule has 1 saturated heterocycles. The summed E-state index contributed by atoms with van der Waals surface area (Å²) in [5, 5.41) is 3.71. The van der Waals surface area contributed by atoms with Crippen molar-refractivity contribution in [3.05, 3.63) is 21.3 Å². The minimum atomic E-state index is 0.661. The quantitative estimate of drug-likeness (QED) is 0.852. The van der Waals surface area contributed by atoms with Gasteiger partial charge in [0.05, 0.1) is 4.34 Å². The molecule has 1 fully saturated rings. The molecule has 4 heteroatoms. The summed E-state index contributed by atoms with van der Waals surface area (Å²) in [5.74, 6) is 0.724. The Hall–Kier alpha value is -0.0900. The molecule has 0 amide bonds. The lowest BCUT2D eigenvalue weighted by Gasteiger charge is -2.43. The van der Waals surface area contributed by atoms with Crippen LogP contribution in [0.4, 0.5) is 0 Å². The number of halogens is 1. The van der Waals surface area contributed by atoms with Gasteiger partial charge in [-0.3, -0.25) is 4.90 Å². The van der Waals surface area contributed by atoms with Gasteiger partial charge in [0.15, 0.2) is 0 Å². The molecule has 0 saturated carbocycles. The number of hydrogen-bond acceptors (Lipinski definition) is 3. The predicted molar refractivity (Wildman–Crippen MR) is 89.9 cm³/mol. The maximum absolute atomic E-state index is 6.00. The second kappa shape index (κ2) is 7.79. The lowest BCUT2D eigenvalue weighted by Crippen LogP contribution is -2.53. The third kappa shape index (κ3) is 4.20. The van der Waals surface area contributed by atoms with E-state index in [0.29, 0.717) is 12.1 Å². The Morgan fingerprint density at radius 2 is 2.20 bits per heavy atom. The highest BCUT2D eigenvalue weighted by Crippen LogP contribution is 2.26. The molecule has 2 heterocycles. The zero-order valence-corrected chi connectivity index (χ0v) is 14.4. The molecule has 1 N–H and O–H groups in total. The normalized spacial score (nSPS) is 27.9. The fourth-order valence-corrected chi connectivity index (χ4v) is 4.19. The van der Waals surface area contributed by atoms with Gasteiger partial charge in [0, 0.05) is 23.5 Å². The van der Waals surface area contributed by atoms with E-state index in [-0.39, 0.29) is 0 Å². The van der Waals surface area contributed by atoms with Crippen LogP contribution in [0.3, 0.4) is 0 Å². The summed E-state index contributed by atoms with van der Waals surface area (Å²) in [7, 11) is 0. The first-order valence-electron chi connectivity index (χ1n) is 7.83. The highest BCUT2D eigenvalue weighted by molar-refractivity contribution is 7.16. The molecule has 114 valence electrons. The van der Waals surface area contributed by atoms with E-state index >= 15 is 0 Å². The van der Waals surface area contributed by atoms with Gasteiger partial charge in [-0.25, -0.2) is 0 Å². The average molecular weight is 315 g/mol. The molecule has 3 atom stereocenters. The molecule has 20 heavy (non-hydrogen) atoms. The van der Waals surface area contributed by atoms with Gasteiger partial charge in [0.1, 0.15) is 0 Å². The second-order valence-corrected chi connectivity index (χ2v) is 7.74. The van der Waals surface area contributed by atoms with Crippen molar-refractivity contribution in [1.82, 2.24) is 10.2 Å². The zero-order valence-electron chi connectivity index (χ0n) is 12.9. The van der Waals surface area contributed by atoms with Crippen molar-refractivity contribution >= 4 is 22.9 Å². The molecule has 2 nitrogen and oxygen atoms in total. The first-order valence-corrected chi connectivity index (χ1v) is 9.03. The van der Waals surface area contributed by atoms with Gasteiger partial charge in [-0.1, -0.05) is 25.4 Å². The minimum Gasteiger partial charge on any atom is -0.314 e. The molecule has 1 aromatic heterocycles. The van der Waals surface area contributed by atoms with Crippen molar-refractivity contribution in [3.8, 4) is 0 Å². The van der Waals surface area contributed by atoms with E-state index < -0.39 is 0 Å². The van der Waals surface area contributed by atoms with E-state index in [1.807, 2.05) is 6.07 Å². The Bertz CT molecular complexity index is 407. The van der Waals surface area contributed by atoms with Crippen LogP contribution in [-0.4, -0.2) is 36.6 Å². The SMILES string of the molecule is CCCNC1CCN(CCc2ccc(Cl)s2)C(C)C1C. The summed E-state index contributed by atoms with van der Waals surface area (Å²) in [6.45, 7) is 10.5. The van der Waals surface area contributed by atoms with Crippen molar-refractivity contribution in [2.75, 3.05) is 19.6 Å². The van der Waals surface area contributed by atoms with Gasteiger partial charge < -0.3 is 5.32 Å². The van der Waals surface area contributed by atoms with Crippen molar-refractivity contribution in [1.29, 1.82) is 0 Å². The number of piperidine rings is 1. The van der Waals surface area contributed by atoms with Crippen LogP contribution in [0.2, 0.25) is 4.34 Å². The van der Waals surface area contributed by atoms with E-state index in [2.05, 4.69) is 37.1 Å². The van der Waals surface area contributed by atoms with E-state index in [4.69, 9.17) is 11.6 Å². The smallest absolute Gasteiger partial charge is 0.0931 e. The summed E-state index contributed by atoms with van der Waals surface area (Å²) in [4.78, 5) is 4.05. The number of hydrogen-bond donors (Lipinski definition) is 1. The topological polar surface area (TPSA) is 15.3 Å². The summed E-state index contributed by atoms with van der Waals surface area (Å²) in [5.41, 5.74) is 0. The molecule has 1 aliphatic heterocycles. The van der Waals surface area contributed by atoms with Gasteiger partial charge in [-0.2, -0.15) is 0 Å². The third-order valence-electron chi connectivity index (χ3n) is 4.63. The summed E-state index contributed by atoms with van der Waals surface area (Å²) >= 11 is 7.71. The van der Waals surface area contributed by atoms with Crippen LogP contribution in [0.5, 0.6) is 0 Å². The molecule has 2 rings (SSSR count). The van der Waals surface area contributed by atoms with Crippen LogP contribution in [0.15, 0.2) is 12.1 Å². The van der Waals surface area contributed by atoms with Crippen LogP contribution in [0.1, 0.15) is 38.5 Å². The Labute approximate surface area is 132 Å². The Morgan fingerprint density at radius 3 is 2.85 bits per heavy atom. The monoisotopic (exact) mass is 314 g/mol. The Morgan fingerprint density at radius 1 is 1.40 bits per heavy atom. The lowest BCUT2D eigenvalue weighted by molar-refractivity contribution is 0.0863. The second-order valence-electron chi connectivity index (χ2n) is 5.94. The maximum Gasteiger partial charge on any atom is 0.0931 e. The van der Waals surface area contributed by atoms with E-state index in [1.54, 1.807) is 11.3 Å². The van der Waals surface area contributed by atoms with E-state index in [1.165, 1.54) is 24.3 Å². The molecule has 0 aromatic carbocycles. The molecule has 1 aliphatic rings. The predicted octanol–water partition coefficient (Wildman–Crippen LogP) is 4.04. The minimum absolute atomic E-state index is 0.661. The Kier molecular flexibility index (Phi) is 6.34. The number of rotatable bonds is 6. The van der Waals surface area contributed by atoms with Crippen LogP contribution in [0, 0.1) is 5.92 Å². The van der Waals surface area contributed by atoms with Crippen molar-refractivity contribution < 1.29 is 0 Å². The van der Waals surface area contributed by atoms with Gasteiger partial charge in [-0.15, -0.1) is 11.3 Å². The van der Waals surface area contributed by atoms with Crippen LogP contribution >= 0.6 is 22.9 Å². The van der Waals surface area contributed by atoms with Gasteiger partial charge in [0.2, 0.25) is 0 Å². The largest absolute Gasteiger partial charge is 0.314 e. The van der Waals surface area contributed by atoms with Crippen molar-refractivity contribution in [2.24, 2.45) is 5.92 Å². The van der Waals surface area contributed by atoms with E-state index in [0.717, 1.165) is 29.8 Å². The fraction of sp³-hybridized carbons (Fsp3) is 0.750. The highest BCUT2D eigenvalue weighted by atomic mass is 35.5. The lowest BCUT2D eigenvalue weighted by atomic mass is 9.87. The highest BCUT2D eigenvalue weighted by Gasteiger charge is 2.31. The summed E-state index contributed by atoms with van der Waals surface area (Å²) in [6.07, 6.45) is 3.62. The number of thiophene rings is 1. The Balaban J connectivity index is 1.82. The molecular weight excluding hydrogens is 288 g/mol. The maximum atomic E-state index is 6.00. The molecule has 3 unspecified atom stereocenters. The van der Waals surface area contributed by atoms with Crippen LogP contribution < -0.4 is 5.32 Å². The molecule has 0 spiro atoms. The first kappa shape index (κ1) is 16.3. The molecule has 0 bridgehead atoms. The fourth-order valence-electron chi connectivity index (χ4n) is 3.11. The molecule has 0 radical (unpaired) electrons. The molecule has 0 aliphatic carbocycles. The third-order valence-corrected chi connectivity index (χ3v) is 5.92. The number of likely N-dealkylation sites (tertiary alicyclic amines) is 1. The van der Waals surface area contributed by atoms with Gasteiger partial charge in [0.25, 0.3) is 0 Å². The molecule has 1 aromatic rings. The standard InChI is InChI=1S/C16H27ClN2S/c1-4-9-18-15-8-11-19(13(3)12(15)2)10-7-14-5-6-16(17)20-14/h5-6,12-13,15,18H,4,7-11H2,1-3H3. The summed E-state index contributed by atoms with van der Waals surface area (Å²) in [6, 6.07) is 5.52. The summed E-state index contributed by atoms with van der Waals surface area (Å²) < 4.78 is 0.906. The van der Waals surface area contributed by atoms with Crippen LogP contribution in [0.25, 0.3) is 0 Å². The van der Waals surface area contributed by atoms with Crippen LogP contribution in [-0.2, 0) is 6.42 Å². The number of nitrogens with one attached hydrogen (secondary N) is 1.